The summed E-state index contributed by atoms with van der Waals surface area (Å²) in [5.74, 6) is 0. The molecule has 0 aliphatic heterocycles. The van der Waals surface area contributed by atoms with E-state index >= 15 is 0 Å². The molecular formula is C16H23N3OS. The van der Waals surface area contributed by atoms with Crippen molar-refractivity contribution in [3.05, 3.63) is 35.2 Å². The van der Waals surface area contributed by atoms with Crippen molar-refractivity contribution in [2.24, 2.45) is 0 Å². The Hall–Kier alpha value is -1.43. The van der Waals surface area contributed by atoms with Crippen molar-refractivity contribution in [1.82, 2.24) is 10.3 Å². The van der Waals surface area contributed by atoms with Gasteiger partial charge in [-0.2, -0.15) is 0 Å². The molecule has 5 heteroatoms. The fourth-order valence-electron chi connectivity index (χ4n) is 2.01. The van der Waals surface area contributed by atoms with Crippen molar-refractivity contribution in [3.63, 3.8) is 0 Å². The normalized spacial score (nSPS) is 10.8. The predicted molar refractivity (Wildman–Crippen MR) is 90.1 cm³/mol. The monoisotopic (exact) mass is 305 g/mol. The lowest BCUT2D eigenvalue weighted by molar-refractivity contribution is 0.206. The standard InChI is InChI=1S/C16H23N3OS/c1-4-17-12-14-15(13-8-6-5-7-9-13)18-16(21-14)19(2)10-11-20-3/h5-9,17H,4,10-12H2,1-3H3. The number of hydrogen-bond donors (Lipinski definition) is 1. The Morgan fingerprint density at radius 2 is 2.05 bits per heavy atom. The van der Waals surface area contributed by atoms with Crippen LogP contribution in [0.25, 0.3) is 11.3 Å². The average Bonchev–Trinajstić information content (AvgIpc) is 2.95. The van der Waals surface area contributed by atoms with Crippen molar-refractivity contribution in [3.8, 4) is 11.3 Å². The van der Waals surface area contributed by atoms with E-state index in [-0.39, 0.29) is 0 Å². The van der Waals surface area contributed by atoms with E-state index in [1.807, 2.05) is 6.07 Å². The van der Waals surface area contributed by atoms with Crippen LogP contribution in [0.5, 0.6) is 0 Å². The first kappa shape index (κ1) is 15.9. The highest BCUT2D eigenvalue weighted by molar-refractivity contribution is 7.16. The van der Waals surface area contributed by atoms with Crippen LogP contribution in [0.15, 0.2) is 30.3 Å². The second-order valence-corrected chi connectivity index (χ2v) is 5.89. The summed E-state index contributed by atoms with van der Waals surface area (Å²) < 4.78 is 5.14. The first-order valence-electron chi connectivity index (χ1n) is 7.22. The van der Waals surface area contributed by atoms with Crippen LogP contribution >= 0.6 is 11.3 Å². The average molecular weight is 305 g/mol. The number of nitrogens with one attached hydrogen (secondary N) is 1. The molecule has 1 N–H and O–H groups in total. The van der Waals surface area contributed by atoms with Gasteiger partial charge in [-0.25, -0.2) is 4.98 Å². The summed E-state index contributed by atoms with van der Waals surface area (Å²) in [4.78, 5) is 8.26. The number of methoxy groups -OCH3 is 1. The fourth-order valence-corrected chi connectivity index (χ4v) is 3.05. The van der Waals surface area contributed by atoms with Crippen LogP contribution in [0, 0.1) is 0 Å². The van der Waals surface area contributed by atoms with Crippen LogP contribution in [0.2, 0.25) is 0 Å². The lowest BCUT2D eigenvalue weighted by atomic mass is 10.1. The Morgan fingerprint density at radius 3 is 2.71 bits per heavy atom. The molecule has 2 rings (SSSR count). The molecule has 0 aliphatic rings. The third-order valence-corrected chi connectivity index (χ3v) is 4.40. The number of ether oxygens (including phenoxy) is 1. The number of aromatic nitrogens is 1. The topological polar surface area (TPSA) is 37.4 Å². The Labute approximate surface area is 130 Å². The quantitative estimate of drug-likeness (QED) is 0.813. The molecule has 0 radical (unpaired) electrons. The number of nitrogens with zero attached hydrogens (tertiary/aromatic N) is 2. The van der Waals surface area contributed by atoms with E-state index in [9.17, 15) is 0 Å². The number of anilines is 1. The molecule has 0 saturated heterocycles. The molecule has 0 saturated carbocycles. The molecule has 2 aromatic rings. The van der Waals surface area contributed by atoms with Gasteiger partial charge in [0.05, 0.1) is 12.3 Å². The lowest BCUT2D eigenvalue weighted by Gasteiger charge is -2.14. The molecule has 0 fully saturated rings. The van der Waals surface area contributed by atoms with E-state index in [0.717, 1.165) is 30.5 Å². The van der Waals surface area contributed by atoms with Gasteiger partial charge in [0.1, 0.15) is 0 Å². The van der Waals surface area contributed by atoms with Gasteiger partial charge in [0.2, 0.25) is 0 Å². The molecule has 1 heterocycles. The first-order chi connectivity index (χ1) is 10.3. The summed E-state index contributed by atoms with van der Waals surface area (Å²) in [6.45, 7) is 5.49. The van der Waals surface area contributed by atoms with Gasteiger partial charge in [0.25, 0.3) is 0 Å². The van der Waals surface area contributed by atoms with Gasteiger partial charge in [0, 0.05) is 37.7 Å². The minimum absolute atomic E-state index is 0.708. The minimum Gasteiger partial charge on any atom is -0.383 e. The number of benzene rings is 1. The number of hydrogen-bond acceptors (Lipinski definition) is 5. The Morgan fingerprint density at radius 1 is 1.29 bits per heavy atom. The lowest BCUT2D eigenvalue weighted by Crippen LogP contribution is -2.21. The molecule has 21 heavy (non-hydrogen) atoms. The molecule has 1 aromatic heterocycles. The summed E-state index contributed by atoms with van der Waals surface area (Å²) in [6, 6.07) is 10.4. The molecule has 0 aliphatic carbocycles. The SMILES string of the molecule is CCNCc1sc(N(C)CCOC)nc1-c1ccccc1. The zero-order valence-electron chi connectivity index (χ0n) is 12.9. The van der Waals surface area contributed by atoms with Crippen molar-refractivity contribution < 1.29 is 4.74 Å². The van der Waals surface area contributed by atoms with E-state index in [2.05, 4.69) is 48.5 Å². The second-order valence-electron chi connectivity index (χ2n) is 4.83. The first-order valence-corrected chi connectivity index (χ1v) is 8.03. The highest BCUT2D eigenvalue weighted by atomic mass is 32.1. The predicted octanol–water partition coefficient (Wildman–Crippen LogP) is 3.00. The van der Waals surface area contributed by atoms with E-state index in [1.54, 1.807) is 18.4 Å². The molecule has 0 bridgehead atoms. The van der Waals surface area contributed by atoms with Crippen LogP contribution in [0.4, 0.5) is 5.13 Å². The van der Waals surface area contributed by atoms with Crippen LogP contribution in [-0.2, 0) is 11.3 Å². The van der Waals surface area contributed by atoms with Crippen LogP contribution < -0.4 is 10.2 Å². The highest BCUT2D eigenvalue weighted by Crippen LogP contribution is 2.32. The zero-order chi connectivity index (χ0) is 15.1. The summed E-state index contributed by atoms with van der Waals surface area (Å²) in [7, 11) is 3.78. The Bertz CT molecular complexity index is 542. The maximum Gasteiger partial charge on any atom is 0.185 e. The van der Waals surface area contributed by atoms with Gasteiger partial charge < -0.3 is 15.0 Å². The highest BCUT2D eigenvalue weighted by Gasteiger charge is 2.15. The number of likely N-dealkylation sites (N-methyl/N-ethyl adjacent to an activating group) is 1. The molecule has 0 amide bonds. The minimum atomic E-state index is 0.708. The Kier molecular flexibility index (Phi) is 6.17. The summed E-state index contributed by atoms with van der Waals surface area (Å²) in [5, 5.41) is 4.44. The van der Waals surface area contributed by atoms with Crippen LogP contribution in [-0.4, -0.2) is 38.8 Å². The smallest absolute Gasteiger partial charge is 0.185 e. The van der Waals surface area contributed by atoms with Gasteiger partial charge in [0.15, 0.2) is 5.13 Å². The van der Waals surface area contributed by atoms with Gasteiger partial charge in [-0.15, -0.1) is 0 Å². The van der Waals surface area contributed by atoms with E-state index in [0.29, 0.717) is 6.61 Å². The summed E-state index contributed by atoms with van der Waals surface area (Å²) in [5.41, 5.74) is 2.26. The summed E-state index contributed by atoms with van der Waals surface area (Å²) >= 11 is 1.75. The third-order valence-electron chi connectivity index (χ3n) is 3.23. The Balaban J connectivity index is 2.26. The maximum absolute atomic E-state index is 5.14. The van der Waals surface area contributed by atoms with Crippen LogP contribution in [0.1, 0.15) is 11.8 Å². The molecule has 0 unspecified atom stereocenters. The van der Waals surface area contributed by atoms with E-state index in [1.165, 1.54) is 10.4 Å². The number of thiazole rings is 1. The van der Waals surface area contributed by atoms with Crippen molar-refractivity contribution in [1.29, 1.82) is 0 Å². The third kappa shape index (κ3) is 4.27. The maximum atomic E-state index is 5.14. The molecule has 114 valence electrons. The number of rotatable bonds is 8. The molecule has 0 spiro atoms. The van der Waals surface area contributed by atoms with E-state index in [4.69, 9.17) is 9.72 Å². The van der Waals surface area contributed by atoms with Crippen molar-refractivity contribution in [2.75, 3.05) is 38.8 Å². The van der Waals surface area contributed by atoms with Crippen molar-refractivity contribution in [2.45, 2.75) is 13.5 Å². The van der Waals surface area contributed by atoms with Gasteiger partial charge in [-0.3, -0.25) is 0 Å². The van der Waals surface area contributed by atoms with Gasteiger partial charge in [-0.05, 0) is 6.54 Å². The summed E-state index contributed by atoms with van der Waals surface area (Å²) in [6.07, 6.45) is 0. The molecule has 1 aromatic carbocycles. The van der Waals surface area contributed by atoms with Crippen LogP contribution in [0.3, 0.4) is 0 Å². The molecule has 4 nitrogen and oxygen atoms in total. The van der Waals surface area contributed by atoms with Gasteiger partial charge >= 0.3 is 0 Å². The van der Waals surface area contributed by atoms with Gasteiger partial charge in [-0.1, -0.05) is 48.6 Å². The van der Waals surface area contributed by atoms with E-state index < -0.39 is 0 Å². The fraction of sp³-hybridized carbons (Fsp3) is 0.438. The second kappa shape index (κ2) is 8.12. The zero-order valence-corrected chi connectivity index (χ0v) is 13.7. The molecular weight excluding hydrogens is 282 g/mol. The largest absolute Gasteiger partial charge is 0.383 e. The van der Waals surface area contributed by atoms with Crippen molar-refractivity contribution >= 4 is 16.5 Å². The molecule has 0 atom stereocenters.